The van der Waals surface area contributed by atoms with Gasteiger partial charge in [-0.3, -0.25) is 4.79 Å². The summed E-state index contributed by atoms with van der Waals surface area (Å²) >= 11 is 0. The van der Waals surface area contributed by atoms with Crippen LogP contribution in [-0.4, -0.2) is 10.9 Å². The minimum atomic E-state index is 0.0405. The lowest BCUT2D eigenvalue weighted by molar-refractivity contribution is -0.121. The molecule has 0 radical (unpaired) electrons. The number of hydrogen-bond acceptors (Lipinski definition) is 1. The maximum Gasteiger partial charge on any atom is 0.224 e. The van der Waals surface area contributed by atoms with Crippen molar-refractivity contribution in [2.45, 2.75) is 26.3 Å². The molecule has 0 saturated carbocycles. The van der Waals surface area contributed by atoms with Gasteiger partial charge in [0.05, 0.1) is 12.5 Å². The molecule has 0 aliphatic heterocycles. The second kappa shape index (κ2) is 5.54. The smallest absolute Gasteiger partial charge is 0.224 e. The second-order valence-electron chi connectivity index (χ2n) is 4.57. The molecular formula is C15H18N2O. The lowest BCUT2D eigenvalue weighted by Gasteiger charge is -2.13. The molecule has 1 aromatic heterocycles. The molecule has 0 aliphatic carbocycles. The molecule has 0 bridgehead atoms. The van der Waals surface area contributed by atoms with Crippen molar-refractivity contribution in [3.63, 3.8) is 0 Å². The van der Waals surface area contributed by atoms with Gasteiger partial charge in [0.2, 0.25) is 5.91 Å². The Balaban J connectivity index is 1.92. The van der Waals surface area contributed by atoms with Gasteiger partial charge in [0.1, 0.15) is 0 Å². The summed E-state index contributed by atoms with van der Waals surface area (Å²) in [4.78, 5) is 15.0. The number of carbonyl (C=O) groups excluding carboxylic acids is 1. The fourth-order valence-corrected chi connectivity index (χ4v) is 1.97. The van der Waals surface area contributed by atoms with E-state index >= 15 is 0 Å². The molecule has 2 aromatic rings. The molecule has 0 aliphatic rings. The standard InChI is InChI=1S/C15H18N2O/c1-11-8-13(10-16-11)9-15(18)17-12(2)14-6-4-3-5-7-14/h3-8,10,12,16H,9H2,1-2H3,(H,17,18). The number of rotatable bonds is 4. The minimum Gasteiger partial charge on any atom is -0.365 e. The zero-order chi connectivity index (χ0) is 13.0. The van der Waals surface area contributed by atoms with Crippen LogP contribution in [-0.2, 0) is 11.2 Å². The van der Waals surface area contributed by atoms with E-state index in [1.54, 1.807) is 0 Å². The van der Waals surface area contributed by atoms with Gasteiger partial charge in [0, 0.05) is 11.9 Å². The number of amides is 1. The van der Waals surface area contributed by atoms with Gasteiger partial charge in [0.15, 0.2) is 0 Å². The largest absolute Gasteiger partial charge is 0.365 e. The van der Waals surface area contributed by atoms with Crippen LogP contribution in [0, 0.1) is 6.92 Å². The maximum atomic E-state index is 11.9. The Morgan fingerprint density at radius 3 is 2.67 bits per heavy atom. The summed E-state index contributed by atoms with van der Waals surface area (Å²) in [7, 11) is 0. The van der Waals surface area contributed by atoms with E-state index in [9.17, 15) is 4.79 Å². The highest BCUT2D eigenvalue weighted by Gasteiger charge is 2.10. The Labute approximate surface area is 107 Å². The molecule has 2 rings (SSSR count). The number of nitrogens with one attached hydrogen (secondary N) is 2. The van der Waals surface area contributed by atoms with Crippen LogP contribution >= 0.6 is 0 Å². The molecule has 3 nitrogen and oxygen atoms in total. The summed E-state index contributed by atoms with van der Waals surface area (Å²) in [5.41, 5.74) is 3.22. The molecule has 0 spiro atoms. The third-order valence-corrected chi connectivity index (χ3v) is 2.93. The zero-order valence-corrected chi connectivity index (χ0v) is 10.7. The van der Waals surface area contributed by atoms with Gasteiger partial charge in [-0.05, 0) is 31.0 Å². The molecule has 0 fully saturated rings. The lowest BCUT2D eigenvalue weighted by Crippen LogP contribution is -2.27. The van der Waals surface area contributed by atoms with Crippen LogP contribution in [0.25, 0.3) is 0 Å². The highest BCUT2D eigenvalue weighted by Crippen LogP contribution is 2.11. The number of aryl methyl sites for hydroxylation is 1. The molecule has 94 valence electrons. The van der Waals surface area contributed by atoms with Gasteiger partial charge in [0.25, 0.3) is 0 Å². The van der Waals surface area contributed by atoms with Crippen LogP contribution in [0.5, 0.6) is 0 Å². The van der Waals surface area contributed by atoms with E-state index in [1.807, 2.05) is 56.4 Å². The van der Waals surface area contributed by atoms with E-state index in [2.05, 4.69) is 10.3 Å². The first kappa shape index (κ1) is 12.4. The Morgan fingerprint density at radius 2 is 2.06 bits per heavy atom. The number of benzene rings is 1. The van der Waals surface area contributed by atoms with Crippen LogP contribution in [0.15, 0.2) is 42.6 Å². The Kier molecular flexibility index (Phi) is 3.82. The van der Waals surface area contributed by atoms with Gasteiger partial charge >= 0.3 is 0 Å². The van der Waals surface area contributed by atoms with Crippen molar-refractivity contribution in [3.05, 3.63) is 59.4 Å². The third kappa shape index (κ3) is 3.23. The Hall–Kier alpha value is -2.03. The van der Waals surface area contributed by atoms with Crippen molar-refractivity contribution in [1.82, 2.24) is 10.3 Å². The zero-order valence-electron chi connectivity index (χ0n) is 10.7. The third-order valence-electron chi connectivity index (χ3n) is 2.93. The summed E-state index contributed by atoms with van der Waals surface area (Å²) in [6.45, 7) is 3.98. The van der Waals surface area contributed by atoms with Crippen molar-refractivity contribution >= 4 is 5.91 Å². The summed E-state index contributed by atoms with van der Waals surface area (Å²) in [6, 6.07) is 12.0. The number of hydrogen-bond donors (Lipinski definition) is 2. The van der Waals surface area contributed by atoms with Crippen LogP contribution in [0.4, 0.5) is 0 Å². The maximum absolute atomic E-state index is 11.9. The minimum absolute atomic E-state index is 0.0405. The quantitative estimate of drug-likeness (QED) is 0.850. The van der Waals surface area contributed by atoms with Gasteiger partial charge in [-0.2, -0.15) is 0 Å². The first-order chi connectivity index (χ1) is 8.65. The van der Waals surface area contributed by atoms with Crippen molar-refractivity contribution in [2.24, 2.45) is 0 Å². The first-order valence-corrected chi connectivity index (χ1v) is 6.13. The molecule has 1 atom stereocenters. The molecule has 1 heterocycles. The van der Waals surface area contributed by atoms with E-state index < -0.39 is 0 Å². The molecule has 0 saturated heterocycles. The van der Waals surface area contributed by atoms with Crippen LogP contribution in [0.3, 0.4) is 0 Å². The summed E-state index contributed by atoms with van der Waals surface area (Å²) in [5, 5.41) is 3.00. The van der Waals surface area contributed by atoms with E-state index in [0.717, 1.165) is 16.8 Å². The van der Waals surface area contributed by atoms with E-state index in [0.29, 0.717) is 6.42 Å². The average molecular weight is 242 g/mol. The number of H-pyrrole nitrogens is 1. The molecular weight excluding hydrogens is 224 g/mol. The Bertz CT molecular complexity index is 516. The molecule has 1 amide bonds. The van der Waals surface area contributed by atoms with Crippen LogP contribution in [0.1, 0.15) is 29.8 Å². The first-order valence-electron chi connectivity index (χ1n) is 6.13. The normalized spacial score (nSPS) is 12.1. The van der Waals surface area contributed by atoms with Gasteiger partial charge in [-0.25, -0.2) is 0 Å². The van der Waals surface area contributed by atoms with E-state index in [4.69, 9.17) is 0 Å². The molecule has 2 N–H and O–H groups in total. The van der Waals surface area contributed by atoms with E-state index in [-0.39, 0.29) is 11.9 Å². The topological polar surface area (TPSA) is 44.9 Å². The number of aromatic amines is 1. The summed E-state index contributed by atoms with van der Waals surface area (Å²) in [6.07, 6.45) is 2.30. The van der Waals surface area contributed by atoms with Crippen molar-refractivity contribution in [3.8, 4) is 0 Å². The van der Waals surface area contributed by atoms with Crippen LogP contribution < -0.4 is 5.32 Å². The summed E-state index contributed by atoms with van der Waals surface area (Å²) in [5.74, 6) is 0.0466. The highest BCUT2D eigenvalue weighted by atomic mass is 16.1. The molecule has 1 aromatic carbocycles. The van der Waals surface area contributed by atoms with Crippen molar-refractivity contribution < 1.29 is 4.79 Å². The van der Waals surface area contributed by atoms with Crippen LogP contribution in [0.2, 0.25) is 0 Å². The predicted octanol–water partition coefficient (Wildman–Crippen LogP) is 2.74. The fraction of sp³-hybridized carbons (Fsp3) is 0.267. The molecule has 18 heavy (non-hydrogen) atoms. The fourth-order valence-electron chi connectivity index (χ4n) is 1.97. The molecule has 1 unspecified atom stereocenters. The SMILES string of the molecule is Cc1cc(CC(=O)NC(C)c2ccccc2)c[nH]1. The van der Waals surface area contributed by atoms with Gasteiger partial charge in [-0.1, -0.05) is 30.3 Å². The second-order valence-corrected chi connectivity index (χ2v) is 4.57. The van der Waals surface area contributed by atoms with Crippen molar-refractivity contribution in [2.75, 3.05) is 0 Å². The predicted molar refractivity (Wildman–Crippen MR) is 72.2 cm³/mol. The number of aromatic nitrogens is 1. The van der Waals surface area contributed by atoms with Gasteiger partial charge in [-0.15, -0.1) is 0 Å². The van der Waals surface area contributed by atoms with Crippen molar-refractivity contribution in [1.29, 1.82) is 0 Å². The monoisotopic (exact) mass is 242 g/mol. The van der Waals surface area contributed by atoms with E-state index in [1.165, 1.54) is 0 Å². The summed E-state index contributed by atoms with van der Waals surface area (Å²) < 4.78 is 0. The molecule has 3 heteroatoms. The Morgan fingerprint density at radius 1 is 1.33 bits per heavy atom. The number of carbonyl (C=O) groups is 1. The average Bonchev–Trinajstić information content (AvgIpc) is 2.75. The van der Waals surface area contributed by atoms with Gasteiger partial charge < -0.3 is 10.3 Å². The lowest BCUT2D eigenvalue weighted by atomic mass is 10.1. The highest BCUT2D eigenvalue weighted by molar-refractivity contribution is 5.79.